The van der Waals surface area contributed by atoms with Gasteiger partial charge in [-0.1, -0.05) is 21.7 Å². The van der Waals surface area contributed by atoms with Crippen LogP contribution >= 0.6 is 0 Å². The van der Waals surface area contributed by atoms with Crippen LogP contribution < -0.4 is 11.8 Å². The average Bonchev–Trinajstić information content (AvgIpc) is 1.65. The first-order valence-electron chi connectivity index (χ1n) is 1.02. The molecule has 6 nitrogen and oxygen atoms in total. The monoisotopic (exact) mass is 201 g/mol. The minimum atomic E-state index is -0.444. The fraction of sp³-hybridized carbons (Fsp3) is 0. The van der Waals surface area contributed by atoms with Gasteiger partial charge in [-0.05, 0) is 0 Å². The molecule has 0 aliphatic rings. The molecule has 0 bridgehead atoms. The van der Waals surface area contributed by atoms with E-state index >= 15 is 0 Å². The third-order valence-corrected chi connectivity index (χ3v) is 0.172. The molecule has 0 aromatic carbocycles. The van der Waals surface area contributed by atoms with Crippen LogP contribution in [0.3, 0.4) is 0 Å². The predicted octanol–water partition coefficient (Wildman–Crippen LogP) is -1.63. The van der Waals surface area contributed by atoms with Crippen LogP contribution in [0.5, 0.6) is 0 Å². The van der Waals surface area contributed by atoms with Crippen molar-refractivity contribution in [2.24, 2.45) is 11.8 Å². The van der Waals surface area contributed by atoms with E-state index in [0.29, 0.717) is 0 Å². The first-order chi connectivity index (χ1) is 2.81. The molecule has 0 rings (SSSR count). The van der Waals surface area contributed by atoms with Crippen molar-refractivity contribution in [3.05, 3.63) is 4.91 Å². The average molecular weight is 202 g/mol. The topological polar surface area (TPSA) is 90.6 Å². The molecule has 0 aliphatic carbocycles. The van der Waals surface area contributed by atoms with Crippen molar-refractivity contribution >= 4 is 0 Å². The summed E-state index contributed by atoms with van der Waals surface area (Å²) in [5, 5.41) is -0.444. The van der Waals surface area contributed by atoms with Gasteiger partial charge in [0.1, 0.15) is 4.91 Å². The molecule has 4 N–H and O–H groups in total. The van der Waals surface area contributed by atoms with Crippen LogP contribution in [0.15, 0.2) is 0 Å². The van der Waals surface area contributed by atoms with Gasteiger partial charge in [-0.3, -0.25) is 0 Å². The molecule has 0 aromatic heterocycles. The van der Waals surface area contributed by atoms with E-state index in [1.165, 1.54) is 0 Å². The van der Waals surface area contributed by atoms with E-state index in [9.17, 15) is 4.91 Å². The summed E-state index contributed by atoms with van der Waals surface area (Å²) in [6.07, 6.45) is 0. The van der Waals surface area contributed by atoms with Crippen LogP contribution in [0.4, 0.5) is 0 Å². The van der Waals surface area contributed by atoms with Gasteiger partial charge >= 0.3 is 5.09 Å². The molecule has 0 saturated heterocycles. The quantitative estimate of drug-likeness (QED) is 0.414. The van der Waals surface area contributed by atoms with Gasteiger partial charge in [0.05, 0.1) is 0 Å². The van der Waals surface area contributed by atoms with Crippen LogP contribution in [-0.2, 0) is 32.3 Å². The summed E-state index contributed by atoms with van der Waals surface area (Å²) < 4.78 is 0. The third kappa shape index (κ3) is 5.86. The zero-order valence-corrected chi connectivity index (χ0v) is 4.61. The van der Waals surface area contributed by atoms with Gasteiger partial charge in [0.25, 0.3) is 0 Å². The van der Waals surface area contributed by atoms with Crippen molar-refractivity contribution in [2.45, 2.75) is 0 Å². The van der Waals surface area contributed by atoms with E-state index in [0.717, 1.165) is 0 Å². The summed E-state index contributed by atoms with van der Waals surface area (Å²) in [6.45, 7) is 0. The summed E-state index contributed by atoms with van der Waals surface area (Å²) in [6, 6.07) is 0. The second-order valence-corrected chi connectivity index (χ2v) is 0.434. The van der Waals surface area contributed by atoms with E-state index in [2.05, 4.69) is 21.7 Å². The number of hydrogen-bond acceptors (Lipinski definition) is 5. The first kappa shape index (κ1) is 9.97. The van der Waals surface area contributed by atoms with Crippen molar-refractivity contribution in [1.29, 1.82) is 0 Å². The Bertz CT molecular complexity index is 48.1. The molecule has 0 amide bonds. The van der Waals surface area contributed by atoms with Crippen LogP contribution in [0, 0.1) is 4.91 Å². The van der Waals surface area contributed by atoms with E-state index in [-0.39, 0.29) is 22.4 Å². The van der Waals surface area contributed by atoms with Crippen molar-refractivity contribution in [2.75, 3.05) is 0 Å². The van der Waals surface area contributed by atoms with Gasteiger partial charge < -0.3 is 0 Å². The van der Waals surface area contributed by atoms with Crippen LogP contribution in [-0.4, -0.2) is 5.09 Å². The molecule has 7 heavy (non-hydrogen) atoms. The van der Waals surface area contributed by atoms with Crippen LogP contribution in [0.25, 0.3) is 0 Å². The maximum Gasteiger partial charge on any atom is 0.519 e. The Kier molecular flexibility index (Phi) is 8.35. The SMILES string of the molecule is NO[N+](=O)ON.[Ag]. The molecule has 0 unspecified atom stereocenters. The molecule has 1 radical (unpaired) electrons. The van der Waals surface area contributed by atoms with Crippen molar-refractivity contribution in [3.8, 4) is 0 Å². The van der Waals surface area contributed by atoms with Gasteiger partial charge in [-0.25, -0.2) is 0 Å². The van der Waals surface area contributed by atoms with Crippen molar-refractivity contribution < 1.29 is 37.3 Å². The molecule has 47 valence electrons. The van der Waals surface area contributed by atoms with Gasteiger partial charge in [0.15, 0.2) is 0 Å². The standard InChI is InChI=1S/Ag.H4N3O3/c;1-5-3(4)6-2/h;1-2H2/q;+1. The molecule has 0 fully saturated rings. The van der Waals surface area contributed by atoms with Gasteiger partial charge in [0, 0.05) is 22.4 Å². The maximum absolute atomic E-state index is 9.40. The molecular formula is H4AgN3O3+. The number of hydrogen-bond donors (Lipinski definition) is 2. The Morgan fingerprint density at radius 1 is 1.29 bits per heavy atom. The third-order valence-electron chi connectivity index (χ3n) is 0.172. The molecule has 0 spiro atoms. The largest absolute Gasteiger partial charge is 0.519 e. The van der Waals surface area contributed by atoms with Gasteiger partial charge in [-0.2, -0.15) is 0 Å². The Morgan fingerprint density at radius 2 is 1.57 bits per heavy atom. The summed E-state index contributed by atoms with van der Waals surface area (Å²) in [7, 11) is 0. The Balaban J connectivity index is 0. The fourth-order valence-corrected chi connectivity index (χ4v) is 0.0248. The number of nitrogens with zero attached hydrogens (tertiary/aromatic N) is 1. The number of nitrogens with two attached hydrogens (primary N) is 2. The zero-order valence-electron chi connectivity index (χ0n) is 3.13. The molecule has 0 atom stereocenters. The Hall–Kier alpha value is -0.140. The Labute approximate surface area is 54.6 Å². The Morgan fingerprint density at radius 3 is 1.57 bits per heavy atom. The van der Waals surface area contributed by atoms with Crippen molar-refractivity contribution in [3.63, 3.8) is 0 Å². The summed E-state index contributed by atoms with van der Waals surface area (Å²) in [4.78, 5) is 16.1. The smallest absolute Gasteiger partial charge is 0.0948 e. The normalized spacial score (nSPS) is 6.00. The molecule has 0 aliphatic heterocycles. The second kappa shape index (κ2) is 5.86. The molecule has 0 aromatic rings. The minimum Gasteiger partial charge on any atom is -0.0948 e. The van der Waals surface area contributed by atoms with E-state index < -0.39 is 5.09 Å². The molecule has 0 heterocycles. The first-order valence-corrected chi connectivity index (χ1v) is 1.02. The van der Waals surface area contributed by atoms with Gasteiger partial charge in [0.2, 0.25) is 0 Å². The van der Waals surface area contributed by atoms with Gasteiger partial charge in [-0.15, -0.1) is 0 Å². The molecular weight excluding hydrogens is 198 g/mol. The second-order valence-electron chi connectivity index (χ2n) is 0.434. The van der Waals surface area contributed by atoms with Crippen LogP contribution in [0.1, 0.15) is 0 Å². The zero-order chi connectivity index (χ0) is 4.99. The minimum absolute atomic E-state index is 0. The van der Waals surface area contributed by atoms with E-state index in [1.54, 1.807) is 0 Å². The summed E-state index contributed by atoms with van der Waals surface area (Å²) in [5.74, 6) is 8.38. The fourth-order valence-electron chi connectivity index (χ4n) is 0.0248. The maximum atomic E-state index is 9.40. The predicted molar refractivity (Wildman–Crippen MR) is 14.2 cm³/mol. The molecule has 0 saturated carbocycles. The van der Waals surface area contributed by atoms with E-state index in [1.807, 2.05) is 0 Å². The molecule has 7 heteroatoms. The van der Waals surface area contributed by atoms with Crippen molar-refractivity contribution in [1.82, 2.24) is 0 Å². The summed E-state index contributed by atoms with van der Waals surface area (Å²) in [5.41, 5.74) is 0. The number of rotatable bonds is 2. The van der Waals surface area contributed by atoms with E-state index in [4.69, 9.17) is 0 Å². The summed E-state index contributed by atoms with van der Waals surface area (Å²) >= 11 is 0. The van der Waals surface area contributed by atoms with Crippen LogP contribution in [0.2, 0.25) is 0 Å².